The summed E-state index contributed by atoms with van der Waals surface area (Å²) in [5, 5.41) is 8.12. The van der Waals surface area contributed by atoms with Crippen molar-refractivity contribution in [2.24, 2.45) is 4.99 Å². The molecule has 0 aliphatic carbocycles. The number of nitrogens with one attached hydrogen (secondary N) is 2. The summed E-state index contributed by atoms with van der Waals surface area (Å²) in [6, 6.07) is 19.4. The van der Waals surface area contributed by atoms with Crippen LogP contribution in [-0.2, 0) is 19.6 Å². The van der Waals surface area contributed by atoms with Gasteiger partial charge in [-0.3, -0.25) is 4.99 Å². The number of fused-ring (bicyclic) bond motifs is 1. The highest BCUT2D eigenvalue weighted by Gasteiger charge is 2.02. The lowest BCUT2D eigenvalue weighted by atomic mass is 10.1. The molecule has 0 unspecified atom stereocenters. The van der Waals surface area contributed by atoms with Gasteiger partial charge < -0.3 is 20.1 Å². The van der Waals surface area contributed by atoms with Gasteiger partial charge in [-0.2, -0.15) is 0 Å². The molecule has 3 aromatic rings. The first-order valence-corrected chi connectivity index (χ1v) is 9.86. The number of hydrogen-bond donors (Lipinski definition) is 2. The molecule has 156 valence electrons. The second-order valence-corrected chi connectivity index (χ2v) is 7.33. The molecule has 2 N–H and O–H groups in total. The van der Waals surface area contributed by atoms with E-state index in [4.69, 9.17) is 0 Å². The van der Waals surface area contributed by atoms with Gasteiger partial charge in [0.1, 0.15) is 0 Å². The van der Waals surface area contributed by atoms with Crippen LogP contribution in [0.25, 0.3) is 10.9 Å². The van der Waals surface area contributed by atoms with E-state index < -0.39 is 0 Å². The van der Waals surface area contributed by atoms with E-state index in [0.717, 1.165) is 38.6 Å². The summed E-state index contributed by atoms with van der Waals surface area (Å²) in [6.45, 7) is 3.59. The second kappa shape index (κ2) is 11.8. The van der Waals surface area contributed by atoms with Gasteiger partial charge in [0.25, 0.3) is 0 Å². The molecule has 0 fully saturated rings. The number of para-hydroxylation sites is 1. The predicted molar refractivity (Wildman–Crippen MR) is 134 cm³/mol. The maximum absolute atomic E-state index is 4.34. The molecule has 1 aromatic heterocycles. The normalized spacial score (nSPS) is 11.5. The molecule has 1 heterocycles. The Morgan fingerprint density at radius 3 is 2.59 bits per heavy atom. The van der Waals surface area contributed by atoms with Crippen molar-refractivity contribution in [2.75, 3.05) is 27.7 Å². The third-order valence-corrected chi connectivity index (χ3v) is 4.72. The van der Waals surface area contributed by atoms with Crippen LogP contribution in [0, 0.1) is 0 Å². The summed E-state index contributed by atoms with van der Waals surface area (Å²) in [5.41, 5.74) is 3.88. The molecule has 0 saturated heterocycles. The molecule has 5 nitrogen and oxygen atoms in total. The summed E-state index contributed by atoms with van der Waals surface area (Å²) in [4.78, 5) is 6.52. The minimum Gasteiger partial charge on any atom is -0.356 e. The van der Waals surface area contributed by atoms with Crippen LogP contribution in [0.2, 0.25) is 0 Å². The van der Waals surface area contributed by atoms with E-state index in [1.165, 1.54) is 22.0 Å². The Morgan fingerprint density at radius 2 is 1.79 bits per heavy atom. The Kier molecular flexibility index (Phi) is 9.47. The Bertz CT molecular complexity index is 916. The molecule has 0 radical (unpaired) electrons. The zero-order chi connectivity index (χ0) is 19.8. The molecule has 0 aliphatic heterocycles. The van der Waals surface area contributed by atoms with Crippen molar-refractivity contribution in [1.82, 2.24) is 20.1 Å². The monoisotopic (exact) mass is 505 g/mol. The van der Waals surface area contributed by atoms with Crippen LogP contribution in [0.3, 0.4) is 0 Å². The SMILES string of the molecule is CN=C(NCCCn1ccc2ccccc21)NCc1cccc(CN(C)C)c1.I. The highest BCUT2D eigenvalue weighted by atomic mass is 127. The van der Waals surface area contributed by atoms with Crippen LogP contribution in [0.1, 0.15) is 17.5 Å². The topological polar surface area (TPSA) is 44.6 Å². The zero-order valence-corrected chi connectivity index (χ0v) is 19.9. The van der Waals surface area contributed by atoms with E-state index in [0.29, 0.717) is 0 Å². The van der Waals surface area contributed by atoms with Crippen LogP contribution in [0.4, 0.5) is 0 Å². The minimum atomic E-state index is 0. The average molecular weight is 505 g/mol. The van der Waals surface area contributed by atoms with Crippen LogP contribution in [0.5, 0.6) is 0 Å². The second-order valence-electron chi connectivity index (χ2n) is 7.33. The molecule has 0 saturated carbocycles. The number of aliphatic imine (C=N–C) groups is 1. The Morgan fingerprint density at radius 1 is 1.00 bits per heavy atom. The summed E-state index contributed by atoms with van der Waals surface area (Å²) in [5.74, 6) is 0.843. The minimum absolute atomic E-state index is 0. The van der Waals surface area contributed by atoms with Crippen LogP contribution in [-0.4, -0.2) is 43.1 Å². The first-order valence-electron chi connectivity index (χ1n) is 9.86. The maximum Gasteiger partial charge on any atom is 0.191 e. The summed E-state index contributed by atoms with van der Waals surface area (Å²) >= 11 is 0. The standard InChI is InChI=1S/C23H31N5.HI/c1-24-23(26-17-19-8-6-9-20(16-19)18-27(2)3)25-13-7-14-28-15-12-21-10-4-5-11-22(21)28;/h4-6,8-12,15-16H,7,13-14,17-18H2,1-3H3,(H2,24,25,26);1H. The van der Waals surface area contributed by atoms with Gasteiger partial charge >= 0.3 is 0 Å². The van der Waals surface area contributed by atoms with Crippen LogP contribution < -0.4 is 10.6 Å². The van der Waals surface area contributed by atoms with Crippen molar-refractivity contribution in [3.8, 4) is 0 Å². The van der Waals surface area contributed by atoms with Crippen molar-refractivity contribution < 1.29 is 0 Å². The smallest absolute Gasteiger partial charge is 0.191 e. The fourth-order valence-corrected chi connectivity index (χ4v) is 3.40. The summed E-state index contributed by atoms with van der Waals surface area (Å²) < 4.78 is 2.31. The van der Waals surface area contributed by atoms with E-state index in [1.54, 1.807) is 0 Å². The van der Waals surface area contributed by atoms with Gasteiger partial charge in [0, 0.05) is 44.9 Å². The fourth-order valence-electron chi connectivity index (χ4n) is 3.40. The van der Waals surface area contributed by atoms with Gasteiger partial charge in [-0.15, -0.1) is 24.0 Å². The Balaban J connectivity index is 0.00000300. The molecule has 0 aliphatic rings. The van der Waals surface area contributed by atoms with Gasteiger partial charge in [0.05, 0.1) is 0 Å². The number of rotatable bonds is 8. The molecule has 6 heteroatoms. The molecule has 3 rings (SSSR count). The van der Waals surface area contributed by atoms with E-state index >= 15 is 0 Å². The maximum atomic E-state index is 4.34. The quantitative estimate of drug-likeness (QED) is 0.210. The van der Waals surface area contributed by atoms with E-state index in [-0.39, 0.29) is 24.0 Å². The Hall–Kier alpha value is -2.06. The number of guanidine groups is 1. The zero-order valence-electron chi connectivity index (χ0n) is 17.6. The lowest BCUT2D eigenvalue weighted by Crippen LogP contribution is -2.37. The molecule has 2 aromatic carbocycles. The molecule has 0 atom stereocenters. The van der Waals surface area contributed by atoms with Crippen molar-refractivity contribution in [1.29, 1.82) is 0 Å². The van der Waals surface area contributed by atoms with Gasteiger partial charge in [-0.25, -0.2) is 0 Å². The third-order valence-electron chi connectivity index (χ3n) is 4.72. The fraction of sp³-hybridized carbons (Fsp3) is 0.348. The lowest BCUT2D eigenvalue weighted by molar-refractivity contribution is 0.402. The Labute approximate surface area is 191 Å². The first-order chi connectivity index (χ1) is 13.7. The number of benzene rings is 2. The van der Waals surface area contributed by atoms with Crippen LogP contribution >= 0.6 is 24.0 Å². The molecule has 0 spiro atoms. The van der Waals surface area contributed by atoms with Crippen molar-refractivity contribution in [3.63, 3.8) is 0 Å². The lowest BCUT2D eigenvalue weighted by Gasteiger charge is -2.14. The molecule has 0 amide bonds. The molecule has 29 heavy (non-hydrogen) atoms. The molecular formula is C23H32IN5. The average Bonchev–Trinajstić information content (AvgIpc) is 3.10. The van der Waals surface area contributed by atoms with Crippen molar-refractivity contribution in [3.05, 3.63) is 71.9 Å². The van der Waals surface area contributed by atoms with E-state index in [2.05, 4.69) is 100.0 Å². The third kappa shape index (κ3) is 7.04. The van der Waals surface area contributed by atoms with Crippen LogP contribution in [0.15, 0.2) is 65.8 Å². The summed E-state index contributed by atoms with van der Waals surface area (Å²) in [6.07, 6.45) is 3.20. The van der Waals surface area contributed by atoms with Gasteiger partial charge in [-0.05, 0) is 49.2 Å². The predicted octanol–water partition coefficient (Wildman–Crippen LogP) is 4.08. The number of halogens is 1. The van der Waals surface area contributed by atoms with Gasteiger partial charge in [0.2, 0.25) is 0 Å². The van der Waals surface area contributed by atoms with E-state index in [1.807, 2.05) is 7.05 Å². The number of aryl methyl sites for hydroxylation is 1. The summed E-state index contributed by atoms with van der Waals surface area (Å²) in [7, 11) is 6.00. The molecule has 0 bridgehead atoms. The first kappa shape index (κ1) is 23.2. The molecular weight excluding hydrogens is 473 g/mol. The van der Waals surface area contributed by atoms with Crippen molar-refractivity contribution >= 4 is 40.8 Å². The van der Waals surface area contributed by atoms with Gasteiger partial charge in [0.15, 0.2) is 5.96 Å². The highest BCUT2D eigenvalue weighted by Crippen LogP contribution is 2.15. The number of hydrogen-bond acceptors (Lipinski definition) is 2. The van der Waals surface area contributed by atoms with E-state index in [9.17, 15) is 0 Å². The van der Waals surface area contributed by atoms with Crippen molar-refractivity contribution in [2.45, 2.75) is 26.1 Å². The number of aromatic nitrogens is 1. The number of nitrogens with zero attached hydrogens (tertiary/aromatic N) is 3. The largest absolute Gasteiger partial charge is 0.356 e. The highest BCUT2D eigenvalue weighted by molar-refractivity contribution is 14.0. The van der Waals surface area contributed by atoms with Gasteiger partial charge in [-0.1, -0.05) is 42.5 Å².